The number of aromatic amines is 1. The number of anilines is 1. The van der Waals surface area contributed by atoms with Crippen LogP contribution < -0.4 is 5.32 Å². The molecule has 18 heavy (non-hydrogen) atoms. The summed E-state index contributed by atoms with van der Waals surface area (Å²) in [6, 6.07) is 8.87. The van der Waals surface area contributed by atoms with Crippen molar-refractivity contribution in [2.45, 2.75) is 31.6 Å². The molecule has 1 aromatic heterocycles. The number of nitrogens with zero attached hydrogens (tertiary/aromatic N) is 1. The quantitative estimate of drug-likeness (QED) is 0.860. The van der Waals surface area contributed by atoms with Gasteiger partial charge in [-0.3, -0.25) is 4.99 Å². The zero-order valence-corrected chi connectivity index (χ0v) is 11.4. The van der Waals surface area contributed by atoms with Gasteiger partial charge < -0.3 is 10.3 Å². The molecule has 0 amide bonds. The van der Waals surface area contributed by atoms with Crippen molar-refractivity contribution in [3.63, 3.8) is 0 Å². The molecule has 2 aromatic rings. The largest absolute Gasteiger partial charge is 0.361 e. The summed E-state index contributed by atoms with van der Waals surface area (Å²) in [4.78, 5) is 7.91. The van der Waals surface area contributed by atoms with E-state index >= 15 is 0 Å². The van der Waals surface area contributed by atoms with Crippen LogP contribution in [0.2, 0.25) is 0 Å². The number of thioether (sulfide) groups is 1. The second kappa shape index (κ2) is 4.69. The Hall–Kier alpha value is -1.42. The third-order valence-electron chi connectivity index (χ3n) is 3.35. The van der Waals surface area contributed by atoms with E-state index in [0.717, 1.165) is 17.3 Å². The molecule has 2 atom stereocenters. The Bertz CT molecular complexity index is 587. The third kappa shape index (κ3) is 2.12. The monoisotopic (exact) mass is 259 g/mol. The second-order valence-corrected chi connectivity index (χ2v) is 6.00. The Balaban J connectivity index is 1.80. The smallest absolute Gasteiger partial charge is 0.161 e. The van der Waals surface area contributed by atoms with E-state index in [0.29, 0.717) is 11.3 Å². The molecule has 2 N–H and O–H groups in total. The summed E-state index contributed by atoms with van der Waals surface area (Å²) in [5.41, 5.74) is 2.28. The first-order chi connectivity index (χ1) is 8.76. The number of benzene rings is 1. The van der Waals surface area contributed by atoms with Crippen LogP contribution in [-0.4, -0.2) is 21.4 Å². The van der Waals surface area contributed by atoms with Crippen LogP contribution >= 0.6 is 11.8 Å². The van der Waals surface area contributed by atoms with E-state index in [4.69, 9.17) is 4.99 Å². The maximum Gasteiger partial charge on any atom is 0.161 e. The van der Waals surface area contributed by atoms with Crippen LogP contribution in [0.15, 0.2) is 35.5 Å². The van der Waals surface area contributed by atoms with Crippen molar-refractivity contribution < 1.29 is 0 Å². The normalized spacial score (nSPS) is 23.3. The topological polar surface area (TPSA) is 40.2 Å². The Morgan fingerprint density at radius 1 is 1.39 bits per heavy atom. The summed E-state index contributed by atoms with van der Waals surface area (Å²) < 4.78 is 0. The van der Waals surface area contributed by atoms with Crippen molar-refractivity contribution in [1.82, 2.24) is 4.98 Å². The van der Waals surface area contributed by atoms with Crippen LogP contribution in [0.25, 0.3) is 10.9 Å². The minimum absolute atomic E-state index is 0.452. The number of aromatic nitrogens is 1. The molecule has 3 nitrogen and oxygen atoms in total. The number of H-pyrrole nitrogens is 1. The Morgan fingerprint density at radius 2 is 2.28 bits per heavy atom. The summed E-state index contributed by atoms with van der Waals surface area (Å²) in [7, 11) is 0. The van der Waals surface area contributed by atoms with Crippen molar-refractivity contribution in [1.29, 1.82) is 0 Å². The zero-order valence-electron chi connectivity index (χ0n) is 10.6. The molecular formula is C14H17N3S. The standard InChI is InChI=1S/C14H17N3S/c1-3-12-9(2)18-14(17-12)16-11-4-5-13-10(8-11)6-7-15-13/h4-9,12,15H,3H2,1-2H3,(H,16,17). The predicted octanol–water partition coefficient (Wildman–Crippen LogP) is 3.85. The van der Waals surface area contributed by atoms with E-state index in [-0.39, 0.29) is 0 Å². The summed E-state index contributed by atoms with van der Waals surface area (Å²) in [5, 5.41) is 6.27. The summed E-state index contributed by atoms with van der Waals surface area (Å²) >= 11 is 1.83. The van der Waals surface area contributed by atoms with Gasteiger partial charge in [-0.2, -0.15) is 0 Å². The highest BCUT2D eigenvalue weighted by atomic mass is 32.2. The first-order valence-electron chi connectivity index (χ1n) is 6.35. The van der Waals surface area contributed by atoms with Crippen molar-refractivity contribution in [3.8, 4) is 0 Å². The SMILES string of the molecule is CCC1N=C(Nc2ccc3[nH]ccc3c2)SC1C. The van der Waals surface area contributed by atoms with Gasteiger partial charge in [0.25, 0.3) is 0 Å². The number of aliphatic imine (C=N–C) groups is 1. The van der Waals surface area contributed by atoms with E-state index in [1.54, 1.807) is 0 Å². The number of rotatable bonds is 2. The molecule has 2 heterocycles. The molecule has 0 fully saturated rings. The number of hydrogen-bond donors (Lipinski definition) is 2. The van der Waals surface area contributed by atoms with Crippen LogP contribution in [0, 0.1) is 0 Å². The maximum atomic E-state index is 4.71. The molecule has 1 aliphatic rings. The highest BCUT2D eigenvalue weighted by Crippen LogP contribution is 2.29. The molecule has 0 spiro atoms. The zero-order chi connectivity index (χ0) is 12.5. The van der Waals surface area contributed by atoms with Crippen molar-refractivity contribution in [2.24, 2.45) is 4.99 Å². The van der Waals surface area contributed by atoms with Gasteiger partial charge in [0.05, 0.1) is 6.04 Å². The summed E-state index contributed by atoms with van der Waals surface area (Å²) in [5.74, 6) is 0. The molecule has 1 aliphatic heterocycles. The van der Waals surface area contributed by atoms with Gasteiger partial charge in [-0.15, -0.1) is 0 Å². The molecular weight excluding hydrogens is 242 g/mol. The molecule has 0 bridgehead atoms. The highest BCUT2D eigenvalue weighted by molar-refractivity contribution is 8.15. The number of fused-ring (bicyclic) bond motifs is 1. The maximum absolute atomic E-state index is 4.71. The molecule has 0 saturated carbocycles. The Labute approximate surface area is 111 Å². The van der Waals surface area contributed by atoms with Crippen molar-refractivity contribution in [3.05, 3.63) is 30.5 Å². The first-order valence-corrected chi connectivity index (χ1v) is 7.23. The molecule has 4 heteroatoms. The van der Waals surface area contributed by atoms with Gasteiger partial charge in [-0.1, -0.05) is 25.6 Å². The minimum atomic E-state index is 0.452. The van der Waals surface area contributed by atoms with Gasteiger partial charge in [0.15, 0.2) is 5.17 Å². The lowest BCUT2D eigenvalue weighted by Crippen LogP contribution is -2.11. The molecule has 0 radical (unpaired) electrons. The van der Waals surface area contributed by atoms with E-state index in [1.807, 2.05) is 18.0 Å². The fraction of sp³-hybridized carbons (Fsp3) is 0.357. The fourth-order valence-corrected chi connectivity index (χ4v) is 3.42. The van der Waals surface area contributed by atoms with Gasteiger partial charge >= 0.3 is 0 Å². The van der Waals surface area contributed by atoms with Gasteiger partial charge in [0.1, 0.15) is 0 Å². The third-order valence-corrected chi connectivity index (χ3v) is 4.46. The average Bonchev–Trinajstić information content (AvgIpc) is 2.95. The summed E-state index contributed by atoms with van der Waals surface area (Å²) in [6.45, 7) is 4.44. The van der Waals surface area contributed by atoms with Crippen LogP contribution in [0.3, 0.4) is 0 Å². The van der Waals surface area contributed by atoms with E-state index in [2.05, 4.69) is 48.4 Å². The lowest BCUT2D eigenvalue weighted by Gasteiger charge is -2.07. The van der Waals surface area contributed by atoms with E-state index in [9.17, 15) is 0 Å². The van der Waals surface area contributed by atoms with Crippen LogP contribution in [0.4, 0.5) is 5.69 Å². The van der Waals surface area contributed by atoms with E-state index < -0.39 is 0 Å². The van der Waals surface area contributed by atoms with Gasteiger partial charge in [0, 0.05) is 28.0 Å². The lowest BCUT2D eigenvalue weighted by molar-refractivity contribution is 0.657. The second-order valence-electron chi connectivity index (χ2n) is 4.64. The molecule has 3 rings (SSSR count). The Morgan fingerprint density at radius 3 is 3.06 bits per heavy atom. The van der Waals surface area contributed by atoms with Crippen molar-refractivity contribution >= 4 is 33.5 Å². The van der Waals surface area contributed by atoms with Gasteiger partial charge in [0.2, 0.25) is 0 Å². The first kappa shape index (κ1) is 11.7. The molecule has 0 saturated heterocycles. The number of amidine groups is 1. The molecule has 2 unspecified atom stereocenters. The van der Waals surface area contributed by atoms with Gasteiger partial charge in [-0.05, 0) is 30.7 Å². The molecule has 94 valence electrons. The number of nitrogens with one attached hydrogen (secondary N) is 2. The van der Waals surface area contributed by atoms with Crippen LogP contribution in [-0.2, 0) is 0 Å². The van der Waals surface area contributed by atoms with Crippen LogP contribution in [0.5, 0.6) is 0 Å². The predicted molar refractivity (Wildman–Crippen MR) is 80.5 cm³/mol. The molecule has 1 aromatic carbocycles. The minimum Gasteiger partial charge on any atom is -0.361 e. The fourth-order valence-electron chi connectivity index (χ4n) is 2.28. The lowest BCUT2D eigenvalue weighted by atomic mass is 10.2. The average molecular weight is 259 g/mol. The van der Waals surface area contributed by atoms with Crippen molar-refractivity contribution in [2.75, 3.05) is 5.32 Å². The Kier molecular flexibility index (Phi) is 3.04. The molecule has 0 aliphatic carbocycles. The van der Waals surface area contributed by atoms with Crippen LogP contribution in [0.1, 0.15) is 20.3 Å². The van der Waals surface area contributed by atoms with E-state index in [1.165, 1.54) is 10.9 Å². The summed E-state index contributed by atoms with van der Waals surface area (Å²) in [6.07, 6.45) is 3.07. The highest BCUT2D eigenvalue weighted by Gasteiger charge is 2.24. The number of hydrogen-bond acceptors (Lipinski definition) is 3. The van der Waals surface area contributed by atoms with Gasteiger partial charge in [-0.25, -0.2) is 0 Å².